The normalized spacial score (nSPS) is 12.9. The quantitative estimate of drug-likeness (QED) is 0.706. The molecule has 1 aromatic heterocycles. The number of aromatic nitrogens is 2. The Bertz CT molecular complexity index is 331. The SMILES string of the molecule is COC(=O)C(Cc1cn(C)cn1)C(C)C. The molecule has 0 saturated carbocycles. The molecule has 0 amide bonds. The van der Waals surface area contributed by atoms with E-state index in [9.17, 15) is 4.79 Å². The first-order valence-electron chi connectivity index (χ1n) is 5.09. The van der Waals surface area contributed by atoms with Crippen molar-refractivity contribution in [2.45, 2.75) is 20.3 Å². The summed E-state index contributed by atoms with van der Waals surface area (Å²) in [5.74, 6) is 0.00000850. The van der Waals surface area contributed by atoms with Gasteiger partial charge in [-0.15, -0.1) is 0 Å². The Morgan fingerprint density at radius 1 is 1.60 bits per heavy atom. The molecule has 0 bridgehead atoms. The van der Waals surface area contributed by atoms with Crippen molar-refractivity contribution in [2.75, 3.05) is 7.11 Å². The second-order valence-corrected chi connectivity index (χ2v) is 4.11. The molecular weight excluding hydrogens is 192 g/mol. The minimum Gasteiger partial charge on any atom is -0.469 e. The van der Waals surface area contributed by atoms with Crippen LogP contribution in [0.4, 0.5) is 0 Å². The van der Waals surface area contributed by atoms with Crippen molar-refractivity contribution in [2.24, 2.45) is 18.9 Å². The van der Waals surface area contributed by atoms with Crippen LogP contribution in [0.25, 0.3) is 0 Å². The van der Waals surface area contributed by atoms with E-state index in [1.54, 1.807) is 6.33 Å². The number of nitrogens with zero attached hydrogens (tertiary/aromatic N) is 2. The van der Waals surface area contributed by atoms with Crippen molar-refractivity contribution in [1.29, 1.82) is 0 Å². The Balaban J connectivity index is 2.71. The predicted octanol–water partition coefficient (Wildman–Crippen LogP) is 1.41. The second-order valence-electron chi connectivity index (χ2n) is 4.11. The Kier molecular flexibility index (Phi) is 3.88. The fourth-order valence-electron chi connectivity index (χ4n) is 1.54. The molecule has 0 radical (unpaired) electrons. The third kappa shape index (κ3) is 3.08. The predicted molar refractivity (Wildman–Crippen MR) is 57.3 cm³/mol. The van der Waals surface area contributed by atoms with Gasteiger partial charge >= 0.3 is 5.97 Å². The Hall–Kier alpha value is -1.32. The van der Waals surface area contributed by atoms with Gasteiger partial charge in [0, 0.05) is 19.7 Å². The Morgan fingerprint density at radius 2 is 2.27 bits per heavy atom. The molecule has 0 N–H and O–H groups in total. The minimum absolute atomic E-state index is 0.107. The number of hydrogen-bond acceptors (Lipinski definition) is 3. The maximum atomic E-state index is 11.5. The molecule has 0 aliphatic rings. The molecule has 0 aliphatic heterocycles. The van der Waals surface area contributed by atoms with Gasteiger partial charge < -0.3 is 9.30 Å². The average molecular weight is 210 g/mol. The molecule has 15 heavy (non-hydrogen) atoms. The highest BCUT2D eigenvalue weighted by Crippen LogP contribution is 2.17. The standard InChI is InChI=1S/C11H18N2O2/c1-8(2)10(11(14)15-4)5-9-6-13(3)7-12-9/h6-8,10H,5H2,1-4H3. The van der Waals surface area contributed by atoms with Crippen LogP contribution in [0.3, 0.4) is 0 Å². The monoisotopic (exact) mass is 210 g/mol. The highest BCUT2D eigenvalue weighted by molar-refractivity contribution is 5.72. The lowest BCUT2D eigenvalue weighted by Crippen LogP contribution is -2.24. The van der Waals surface area contributed by atoms with Gasteiger partial charge in [0.25, 0.3) is 0 Å². The number of esters is 1. The molecule has 0 spiro atoms. The average Bonchev–Trinajstić information content (AvgIpc) is 2.59. The van der Waals surface area contributed by atoms with E-state index in [4.69, 9.17) is 4.74 Å². The Labute approximate surface area is 90.3 Å². The topological polar surface area (TPSA) is 44.1 Å². The number of carbonyl (C=O) groups excluding carboxylic acids is 1. The van der Waals surface area contributed by atoms with Gasteiger partial charge in [-0.3, -0.25) is 4.79 Å². The van der Waals surface area contributed by atoms with E-state index < -0.39 is 0 Å². The third-order valence-electron chi connectivity index (χ3n) is 2.50. The summed E-state index contributed by atoms with van der Waals surface area (Å²) in [5.41, 5.74) is 0.932. The van der Waals surface area contributed by atoms with Gasteiger partial charge in [-0.1, -0.05) is 13.8 Å². The van der Waals surface area contributed by atoms with Gasteiger partial charge in [-0.25, -0.2) is 4.98 Å². The molecule has 1 atom stereocenters. The van der Waals surface area contributed by atoms with Crippen molar-refractivity contribution in [3.63, 3.8) is 0 Å². The zero-order chi connectivity index (χ0) is 11.4. The number of carbonyl (C=O) groups is 1. The van der Waals surface area contributed by atoms with E-state index in [1.165, 1.54) is 7.11 Å². The van der Waals surface area contributed by atoms with Crippen LogP contribution in [0.1, 0.15) is 19.5 Å². The molecule has 4 heteroatoms. The maximum absolute atomic E-state index is 11.5. The lowest BCUT2D eigenvalue weighted by atomic mass is 9.91. The number of hydrogen-bond donors (Lipinski definition) is 0. The number of aryl methyl sites for hydroxylation is 1. The number of rotatable bonds is 4. The molecule has 84 valence electrons. The fourth-order valence-corrected chi connectivity index (χ4v) is 1.54. The molecule has 1 aromatic rings. The smallest absolute Gasteiger partial charge is 0.309 e. The summed E-state index contributed by atoms with van der Waals surface area (Å²) >= 11 is 0. The van der Waals surface area contributed by atoms with Gasteiger partial charge in [-0.2, -0.15) is 0 Å². The van der Waals surface area contributed by atoms with Crippen molar-refractivity contribution < 1.29 is 9.53 Å². The molecule has 0 fully saturated rings. The first-order valence-corrected chi connectivity index (χ1v) is 5.09. The van der Waals surface area contributed by atoms with E-state index in [0.29, 0.717) is 6.42 Å². The summed E-state index contributed by atoms with van der Waals surface area (Å²) in [6.45, 7) is 4.04. The van der Waals surface area contributed by atoms with Crippen LogP contribution in [0.2, 0.25) is 0 Å². The molecule has 0 aliphatic carbocycles. The van der Waals surface area contributed by atoms with Crippen molar-refractivity contribution >= 4 is 5.97 Å². The summed E-state index contributed by atoms with van der Waals surface area (Å²) < 4.78 is 6.66. The van der Waals surface area contributed by atoms with Crippen LogP contribution in [0.5, 0.6) is 0 Å². The summed E-state index contributed by atoms with van der Waals surface area (Å²) in [4.78, 5) is 15.7. The molecule has 1 rings (SSSR count). The highest BCUT2D eigenvalue weighted by Gasteiger charge is 2.23. The minimum atomic E-state index is -0.157. The van der Waals surface area contributed by atoms with E-state index in [0.717, 1.165) is 5.69 Å². The van der Waals surface area contributed by atoms with Gasteiger partial charge in [-0.05, 0) is 5.92 Å². The Morgan fingerprint density at radius 3 is 2.67 bits per heavy atom. The molecule has 1 unspecified atom stereocenters. The molecule has 0 saturated heterocycles. The van der Waals surface area contributed by atoms with E-state index in [-0.39, 0.29) is 17.8 Å². The van der Waals surface area contributed by atoms with Gasteiger partial charge in [0.1, 0.15) is 0 Å². The molecular formula is C11H18N2O2. The van der Waals surface area contributed by atoms with Crippen molar-refractivity contribution in [3.05, 3.63) is 18.2 Å². The zero-order valence-corrected chi connectivity index (χ0v) is 9.73. The third-order valence-corrected chi connectivity index (χ3v) is 2.50. The first-order chi connectivity index (χ1) is 7.04. The van der Waals surface area contributed by atoms with Crippen LogP contribution >= 0.6 is 0 Å². The van der Waals surface area contributed by atoms with Crippen LogP contribution in [0, 0.1) is 11.8 Å². The lowest BCUT2D eigenvalue weighted by Gasteiger charge is -2.16. The maximum Gasteiger partial charge on any atom is 0.309 e. The number of imidazole rings is 1. The lowest BCUT2D eigenvalue weighted by molar-refractivity contribution is -0.147. The van der Waals surface area contributed by atoms with Gasteiger partial charge in [0.15, 0.2) is 0 Å². The zero-order valence-electron chi connectivity index (χ0n) is 9.73. The summed E-state index contributed by atoms with van der Waals surface area (Å²) in [6, 6.07) is 0. The number of methoxy groups -OCH3 is 1. The van der Waals surface area contributed by atoms with Crippen LogP contribution in [-0.2, 0) is 23.0 Å². The van der Waals surface area contributed by atoms with Crippen molar-refractivity contribution in [3.8, 4) is 0 Å². The summed E-state index contributed by atoms with van der Waals surface area (Å²) in [7, 11) is 3.34. The first kappa shape index (κ1) is 11.8. The molecule has 1 heterocycles. The van der Waals surface area contributed by atoms with Crippen molar-refractivity contribution in [1.82, 2.24) is 9.55 Å². The van der Waals surface area contributed by atoms with E-state index in [1.807, 2.05) is 31.7 Å². The van der Waals surface area contributed by atoms with E-state index in [2.05, 4.69) is 4.98 Å². The molecule has 4 nitrogen and oxygen atoms in total. The molecule has 0 aromatic carbocycles. The number of ether oxygens (including phenoxy) is 1. The highest BCUT2D eigenvalue weighted by atomic mass is 16.5. The fraction of sp³-hybridized carbons (Fsp3) is 0.636. The summed E-state index contributed by atoms with van der Waals surface area (Å²) in [6.07, 6.45) is 4.31. The van der Waals surface area contributed by atoms with Gasteiger partial charge in [0.05, 0.1) is 25.0 Å². The van der Waals surface area contributed by atoms with Crippen LogP contribution in [-0.4, -0.2) is 22.6 Å². The van der Waals surface area contributed by atoms with Gasteiger partial charge in [0.2, 0.25) is 0 Å². The van der Waals surface area contributed by atoms with E-state index >= 15 is 0 Å². The second kappa shape index (κ2) is 4.96. The van der Waals surface area contributed by atoms with Crippen LogP contribution in [0.15, 0.2) is 12.5 Å². The van der Waals surface area contributed by atoms with Crippen LogP contribution < -0.4 is 0 Å². The largest absolute Gasteiger partial charge is 0.469 e. The summed E-state index contributed by atoms with van der Waals surface area (Å²) in [5, 5.41) is 0.